The van der Waals surface area contributed by atoms with Crippen molar-refractivity contribution >= 4 is 35.0 Å². The summed E-state index contributed by atoms with van der Waals surface area (Å²) in [6.07, 6.45) is 1.79. The van der Waals surface area contributed by atoms with Crippen molar-refractivity contribution in [2.45, 2.75) is 6.92 Å². The largest absolute Gasteiger partial charge is 0.494 e. The lowest BCUT2D eigenvalue weighted by molar-refractivity contribution is -0.113. The van der Waals surface area contributed by atoms with E-state index < -0.39 is 0 Å². The highest BCUT2D eigenvalue weighted by Crippen LogP contribution is 2.22. The monoisotopic (exact) mass is 324 g/mol. The van der Waals surface area contributed by atoms with Gasteiger partial charge >= 0.3 is 0 Å². The first-order valence-corrected chi connectivity index (χ1v) is 7.75. The van der Waals surface area contributed by atoms with Gasteiger partial charge in [-0.3, -0.25) is 9.69 Å². The fourth-order valence-corrected chi connectivity index (χ4v) is 2.64. The van der Waals surface area contributed by atoms with E-state index in [2.05, 4.69) is 5.32 Å². The van der Waals surface area contributed by atoms with Crippen LogP contribution in [0.3, 0.4) is 0 Å². The molecule has 0 saturated carbocycles. The first-order valence-electron chi connectivity index (χ1n) is 7.34. The van der Waals surface area contributed by atoms with E-state index in [1.165, 1.54) is 4.90 Å². The van der Waals surface area contributed by atoms with Crippen molar-refractivity contribution in [3.8, 4) is 5.75 Å². The van der Waals surface area contributed by atoms with Crippen LogP contribution >= 0.6 is 12.2 Å². The van der Waals surface area contributed by atoms with Crippen LogP contribution in [0.2, 0.25) is 0 Å². The number of para-hydroxylation sites is 1. The van der Waals surface area contributed by atoms with E-state index in [9.17, 15) is 4.79 Å². The van der Waals surface area contributed by atoms with Crippen molar-refractivity contribution in [1.29, 1.82) is 0 Å². The molecule has 1 heterocycles. The molecule has 2 aromatic carbocycles. The van der Waals surface area contributed by atoms with Crippen molar-refractivity contribution < 1.29 is 9.53 Å². The molecule has 23 heavy (non-hydrogen) atoms. The Morgan fingerprint density at radius 2 is 1.83 bits per heavy atom. The van der Waals surface area contributed by atoms with Gasteiger partial charge in [0.25, 0.3) is 5.91 Å². The first-order chi connectivity index (χ1) is 11.2. The molecule has 116 valence electrons. The SMILES string of the molecule is CCOc1ccc(C=C2NC(=S)N(c3ccccc3)C2=O)cc1. The number of nitrogens with one attached hydrogen (secondary N) is 1. The van der Waals surface area contributed by atoms with Gasteiger partial charge in [0.1, 0.15) is 11.4 Å². The van der Waals surface area contributed by atoms with Crippen LogP contribution in [0, 0.1) is 0 Å². The topological polar surface area (TPSA) is 41.6 Å². The maximum Gasteiger partial charge on any atom is 0.281 e. The van der Waals surface area contributed by atoms with Crippen LogP contribution in [0.1, 0.15) is 12.5 Å². The summed E-state index contributed by atoms with van der Waals surface area (Å²) in [5.74, 6) is 0.650. The Bertz CT molecular complexity index is 754. The van der Waals surface area contributed by atoms with Gasteiger partial charge in [-0.05, 0) is 55.0 Å². The van der Waals surface area contributed by atoms with E-state index in [-0.39, 0.29) is 5.91 Å². The van der Waals surface area contributed by atoms with E-state index in [4.69, 9.17) is 17.0 Å². The van der Waals surface area contributed by atoms with Crippen molar-refractivity contribution in [3.63, 3.8) is 0 Å². The third-order valence-corrected chi connectivity index (χ3v) is 3.68. The standard InChI is InChI=1S/C18H16N2O2S/c1-2-22-15-10-8-13(9-11-15)12-16-17(21)20(18(23)19-16)14-6-4-3-5-7-14/h3-12H,2H2,1H3,(H,19,23). The summed E-state index contributed by atoms with van der Waals surface area (Å²) in [7, 11) is 0. The van der Waals surface area contributed by atoms with Gasteiger partial charge in [-0.2, -0.15) is 0 Å². The number of carbonyl (C=O) groups is 1. The lowest BCUT2D eigenvalue weighted by atomic mass is 10.2. The molecule has 0 radical (unpaired) electrons. The van der Waals surface area contributed by atoms with Crippen LogP contribution in [-0.2, 0) is 4.79 Å². The van der Waals surface area contributed by atoms with Crippen LogP contribution < -0.4 is 15.0 Å². The zero-order valence-electron chi connectivity index (χ0n) is 12.7. The van der Waals surface area contributed by atoms with Crippen LogP contribution in [0.5, 0.6) is 5.75 Å². The first kappa shape index (κ1) is 15.2. The van der Waals surface area contributed by atoms with E-state index in [1.54, 1.807) is 6.08 Å². The zero-order valence-corrected chi connectivity index (χ0v) is 13.5. The van der Waals surface area contributed by atoms with E-state index in [0.717, 1.165) is 17.0 Å². The Hall–Kier alpha value is -2.66. The fourth-order valence-electron chi connectivity index (χ4n) is 2.34. The zero-order chi connectivity index (χ0) is 16.2. The number of hydrogen-bond acceptors (Lipinski definition) is 3. The molecular formula is C18H16N2O2S. The van der Waals surface area contributed by atoms with Crippen molar-refractivity contribution in [2.24, 2.45) is 0 Å². The summed E-state index contributed by atoms with van der Waals surface area (Å²) in [5, 5.41) is 3.37. The molecule has 0 spiro atoms. The lowest BCUT2D eigenvalue weighted by Gasteiger charge is -2.13. The smallest absolute Gasteiger partial charge is 0.281 e. The molecule has 5 heteroatoms. The fraction of sp³-hybridized carbons (Fsp3) is 0.111. The third kappa shape index (κ3) is 3.24. The van der Waals surface area contributed by atoms with Gasteiger partial charge in [0, 0.05) is 0 Å². The van der Waals surface area contributed by atoms with E-state index in [0.29, 0.717) is 17.4 Å². The number of ether oxygens (including phenoxy) is 1. The molecule has 1 aliphatic rings. The Labute approximate surface area is 140 Å². The van der Waals surface area contributed by atoms with E-state index >= 15 is 0 Å². The number of rotatable bonds is 4. The summed E-state index contributed by atoms with van der Waals surface area (Å²) < 4.78 is 5.41. The summed E-state index contributed by atoms with van der Waals surface area (Å²) in [6.45, 7) is 2.57. The van der Waals surface area contributed by atoms with Gasteiger partial charge in [0.05, 0.1) is 12.3 Å². The highest BCUT2D eigenvalue weighted by molar-refractivity contribution is 7.80. The molecule has 1 amide bonds. The normalized spacial score (nSPS) is 15.9. The van der Waals surface area contributed by atoms with Crippen LogP contribution in [0.4, 0.5) is 5.69 Å². The minimum Gasteiger partial charge on any atom is -0.494 e. The second-order valence-electron chi connectivity index (χ2n) is 4.97. The van der Waals surface area contributed by atoms with Crippen molar-refractivity contribution in [1.82, 2.24) is 5.32 Å². The maximum atomic E-state index is 12.6. The summed E-state index contributed by atoms with van der Waals surface area (Å²) in [5.41, 5.74) is 2.12. The lowest BCUT2D eigenvalue weighted by Crippen LogP contribution is -2.30. The highest BCUT2D eigenvalue weighted by Gasteiger charge is 2.31. The molecule has 1 aliphatic heterocycles. The summed E-state index contributed by atoms with van der Waals surface area (Å²) in [6, 6.07) is 16.9. The number of amides is 1. The quantitative estimate of drug-likeness (QED) is 0.692. The molecule has 0 unspecified atom stereocenters. The van der Waals surface area contributed by atoms with Crippen molar-refractivity contribution in [3.05, 3.63) is 65.9 Å². The minimum absolute atomic E-state index is 0.157. The van der Waals surface area contributed by atoms with Gasteiger partial charge < -0.3 is 10.1 Å². The summed E-state index contributed by atoms with van der Waals surface area (Å²) >= 11 is 5.28. The van der Waals surface area contributed by atoms with Crippen LogP contribution in [-0.4, -0.2) is 17.6 Å². The van der Waals surface area contributed by atoms with Gasteiger partial charge in [-0.1, -0.05) is 30.3 Å². The van der Waals surface area contributed by atoms with Gasteiger partial charge in [-0.15, -0.1) is 0 Å². The van der Waals surface area contributed by atoms with E-state index in [1.807, 2.05) is 61.5 Å². The van der Waals surface area contributed by atoms with Crippen LogP contribution in [0.15, 0.2) is 60.3 Å². The van der Waals surface area contributed by atoms with Gasteiger partial charge in [0.2, 0.25) is 0 Å². The molecule has 4 nitrogen and oxygen atoms in total. The number of hydrogen-bond donors (Lipinski definition) is 1. The summed E-state index contributed by atoms with van der Waals surface area (Å²) in [4.78, 5) is 14.1. The number of nitrogens with zero attached hydrogens (tertiary/aromatic N) is 1. The number of carbonyl (C=O) groups excluding carboxylic acids is 1. The molecule has 0 aliphatic carbocycles. The predicted octanol–water partition coefficient (Wildman–Crippen LogP) is 3.35. The number of benzene rings is 2. The molecule has 0 aromatic heterocycles. The molecule has 0 bridgehead atoms. The predicted molar refractivity (Wildman–Crippen MR) is 95.2 cm³/mol. The molecule has 2 aromatic rings. The number of thiocarbonyl (C=S) groups is 1. The molecule has 0 atom stereocenters. The number of anilines is 1. The second kappa shape index (κ2) is 6.62. The third-order valence-electron chi connectivity index (χ3n) is 3.39. The Morgan fingerprint density at radius 1 is 1.13 bits per heavy atom. The Balaban J connectivity index is 1.84. The van der Waals surface area contributed by atoms with Gasteiger partial charge in [-0.25, -0.2) is 0 Å². The Morgan fingerprint density at radius 3 is 2.48 bits per heavy atom. The minimum atomic E-state index is -0.157. The molecular weight excluding hydrogens is 308 g/mol. The van der Waals surface area contributed by atoms with Crippen molar-refractivity contribution in [2.75, 3.05) is 11.5 Å². The van der Waals surface area contributed by atoms with Crippen LogP contribution in [0.25, 0.3) is 6.08 Å². The Kier molecular flexibility index (Phi) is 4.39. The molecule has 1 fully saturated rings. The van der Waals surface area contributed by atoms with Gasteiger partial charge in [0.15, 0.2) is 5.11 Å². The molecule has 1 N–H and O–H groups in total. The average Bonchev–Trinajstić information content (AvgIpc) is 2.84. The second-order valence-corrected chi connectivity index (χ2v) is 5.35. The average molecular weight is 324 g/mol. The highest BCUT2D eigenvalue weighted by atomic mass is 32.1. The maximum absolute atomic E-state index is 12.6. The molecule has 1 saturated heterocycles. The molecule has 3 rings (SSSR count).